The molecule has 0 aliphatic rings. The van der Waals surface area contributed by atoms with Crippen LogP contribution in [0.3, 0.4) is 0 Å². The number of hydrogen-bond acceptors (Lipinski definition) is 6. The molecule has 8 nitrogen and oxygen atoms in total. The Labute approximate surface area is 192 Å². The first-order chi connectivity index (χ1) is 16.0. The molecule has 1 amide bonds. The summed E-state index contributed by atoms with van der Waals surface area (Å²) in [6.07, 6.45) is 0. The summed E-state index contributed by atoms with van der Waals surface area (Å²) < 4.78 is 7.68. The molecule has 2 N–H and O–H groups in total. The number of nitrogens with one attached hydrogen (secondary N) is 2. The maximum atomic E-state index is 12.7. The van der Waals surface area contributed by atoms with Gasteiger partial charge in [0.2, 0.25) is 0 Å². The van der Waals surface area contributed by atoms with Crippen LogP contribution in [0.15, 0.2) is 66.7 Å². The topological polar surface area (TPSA) is 94.0 Å². The Hall–Kier alpha value is -4.20. The lowest BCUT2D eigenvalue weighted by atomic mass is 10.2. The van der Waals surface area contributed by atoms with E-state index < -0.39 is 0 Å². The molecule has 2 aromatic heterocycles. The highest BCUT2D eigenvalue weighted by molar-refractivity contribution is 5.97. The van der Waals surface area contributed by atoms with Crippen molar-refractivity contribution in [3.8, 4) is 17.3 Å². The molecule has 0 saturated heterocycles. The van der Waals surface area contributed by atoms with Crippen LogP contribution in [0.25, 0.3) is 5.82 Å². The third-order valence-electron chi connectivity index (χ3n) is 4.87. The molecule has 0 bridgehead atoms. The number of nitrogens with zero attached hydrogens (tertiary/aromatic N) is 4. The molecule has 0 saturated carbocycles. The lowest BCUT2D eigenvalue weighted by molar-refractivity contribution is 0.0953. The maximum Gasteiger partial charge on any atom is 0.255 e. The van der Waals surface area contributed by atoms with Crippen LogP contribution in [-0.2, 0) is 0 Å². The van der Waals surface area contributed by atoms with Crippen molar-refractivity contribution in [3.05, 3.63) is 89.5 Å². The smallest absolute Gasteiger partial charge is 0.255 e. The van der Waals surface area contributed by atoms with Crippen LogP contribution in [0.1, 0.15) is 27.6 Å². The highest BCUT2D eigenvalue weighted by Crippen LogP contribution is 2.24. The lowest BCUT2D eigenvalue weighted by Gasteiger charge is -2.12. The van der Waals surface area contributed by atoms with E-state index in [2.05, 4.69) is 25.7 Å². The predicted octanol–water partition coefficient (Wildman–Crippen LogP) is 4.22. The summed E-state index contributed by atoms with van der Waals surface area (Å²) >= 11 is 0. The van der Waals surface area contributed by atoms with Gasteiger partial charge in [-0.3, -0.25) is 4.79 Å². The number of para-hydroxylation sites is 2. The van der Waals surface area contributed by atoms with E-state index in [1.807, 2.05) is 75.4 Å². The molecule has 0 aliphatic heterocycles. The van der Waals surface area contributed by atoms with E-state index in [4.69, 9.17) is 4.74 Å². The van der Waals surface area contributed by atoms with Crippen molar-refractivity contribution in [1.29, 1.82) is 0 Å². The van der Waals surface area contributed by atoms with Crippen molar-refractivity contribution >= 4 is 11.7 Å². The van der Waals surface area contributed by atoms with Crippen LogP contribution in [0.5, 0.6) is 11.5 Å². The Bertz CT molecular complexity index is 1250. The zero-order valence-electron chi connectivity index (χ0n) is 18.9. The van der Waals surface area contributed by atoms with E-state index in [9.17, 15) is 4.79 Å². The largest absolute Gasteiger partial charge is 0.457 e. The summed E-state index contributed by atoms with van der Waals surface area (Å²) in [4.78, 5) is 21.7. The van der Waals surface area contributed by atoms with E-state index in [1.54, 1.807) is 16.8 Å². The summed E-state index contributed by atoms with van der Waals surface area (Å²) in [5.41, 5.74) is 2.41. The molecule has 4 rings (SSSR count). The number of aryl methyl sites for hydroxylation is 3. The molecule has 0 atom stereocenters. The predicted molar refractivity (Wildman–Crippen MR) is 127 cm³/mol. The average molecular weight is 443 g/mol. The number of rotatable bonds is 8. The standard InChI is InChI=1S/C25H26N6O2/c1-17-15-18(2)31(30-17)24-16-23(28-19(3)29-24)26-13-14-27-25(32)21-11-7-8-12-22(21)33-20-9-5-4-6-10-20/h4-12,15-16H,13-14H2,1-3H3,(H,27,32)(H,26,28,29). The molecule has 0 aliphatic carbocycles. The Morgan fingerprint density at radius 2 is 1.70 bits per heavy atom. The molecule has 0 fully saturated rings. The monoisotopic (exact) mass is 442 g/mol. The third kappa shape index (κ3) is 5.54. The number of carbonyl (C=O) groups is 1. The summed E-state index contributed by atoms with van der Waals surface area (Å²) in [5.74, 6) is 3.00. The highest BCUT2D eigenvalue weighted by Gasteiger charge is 2.13. The van der Waals surface area contributed by atoms with Gasteiger partial charge in [0, 0.05) is 24.8 Å². The van der Waals surface area contributed by atoms with Crippen LogP contribution in [0.4, 0.5) is 5.82 Å². The fourth-order valence-electron chi connectivity index (χ4n) is 3.43. The van der Waals surface area contributed by atoms with Crippen LogP contribution >= 0.6 is 0 Å². The van der Waals surface area contributed by atoms with Crippen molar-refractivity contribution in [2.45, 2.75) is 20.8 Å². The minimum Gasteiger partial charge on any atom is -0.457 e. The fourth-order valence-corrected chi connectivity index (χ4v) is 3.43. The Kier molecular flexibility index (Phi) is 6.64. The van der Waals surface area contributed by atoms with E-state index in [-0.39, 0.29) is 5.91 Å². The van der Waals surface area contributed by atoms with Gasteiger partial charge in [-0.25, -0.2) is 14.6 Å². The van der Waals surface area contributed by atoms with Gasteiger partial charge in [-0.05, 0) is 51.1 Å². The van der Waals surface area contributed by atoms with E-state index in [0.29, 0.717) is 47.6 Å². The van der Waals surface area contributed by atoms with Crippen molar-refractivity contribution < 1.29 is 9.53 Å². The molecule has 4 aromatic rings. The SMILES string of the molecule is Cc1cc(C)n(-c2cc(NCCNC(=O)c3ccccc3Oc3ccccc3)nc(C)n2)n1. The van der Waals surface area contributed by atoms with Crippen LogP contribution in [0.2, 0.25) is 0 Å². The molecule has 0 spiro atoms. The average Bonchev–Trinajstić information content (AvgIpc) is 3.15. The first-order valence-corrected chi connectivity index (χ1v) is 10.7. The number of benzene rings is 2. The minimum absolute atomic E-state index is 0.203. The first-order valence-electron chi connectivity index (χ1n) is 10.7. The van der Waals surface area contributed by atoms with Crippen molar-refractivity contribution in [2.75, 3.05) is 18.4 Å². The molecule has 0 unspecified atom stereocenters. The number of anilines is 1. The van der Waals surface area contributed by atoms with Crippen LogP contribution < -0.4 is 15.4 Å². The van der Waals surface area contributed by atoms with Crippen molar-refractivity contribution in [3.63, 3.8) is 0 Å². The molecule has 2 aromatic carbocycles. The summed E-state index contributed by atoms with van der Waals surface area (Å²) in [6, 6.07) is 20.4. The van der Waals surface area contributed by atoms with Gasteiger partial charge in [0.15, 0.2) is 5.82 Å². The molecule has 8 heteroatoms. The van der Waals surface area contributed by atoms with E-state index in [1.165, 1.54) is 0 Å². The summed E-state index contributed by atoms with van der Waals surface area (Å²) in [6.45, 7) is 6.69. The second-order valence-corrected chi connectivity index (χ2v) is 7.59. The first kappa shape index (κ1) is 22.0. The Balaban J connectivity index is 1.36. The van der Waals surface area contributed by atoms with Gasteiger partial charge in [-0.1, -0.05) is 30.3 Å². The van der Waals surface area contributed by atoms with Crippen molar-refractivity contribution in [2.24, 2.45) is 0 Å². The van der Waals surface area contributed by atoms with Crippen molar-refractivity contribution in [1.82, 2.24) is 25.1 Å². The molecule has 33 heavy (non-hydrogen) atoms. The van der Waals surface area contributed by atoms with Gasteiger partial charge in [-0.2, -0.15) is 5.10 Å². The van der Waals surface area contributed by atoms with Gasteiger partial charge < -0.3 is 15.4 Å². The molecule has 2 heterocycles. The van der Waals surface area contributed by atoms with Gasteiger partial charge in [0.25, 0.3) is 5.91 Å². The number of aromatic nitrogens is 4. The number of amides is 1. The normalized spacial score (nSPS) is 10.6. The Morgan fingerprint density at radius 3 is 2.45 bits per heavy atom. The van der Waals surface area contributed by atoms with Gasteiger partial charge in [0.05, 0.1) is 11.3 Å². The second-order valence-electron chi connectivity index (χ2n) is 7.59. The number of hydrogen-bond donors (Lipinski definition) is 2. The summed E-state index contributed by atoms with van der Waals surface area (Å²) in [5, 5.41) is 10.7. The zero-order chi connectivity index (χ0) is 23.2. The molecular weight excluding hydrogens is 416 g/mol. The zero-order valence-corrected chi connectivity index (χ0v) is 18.9. The van der Waals surface area contributed by atoms with Crippen LogP contribution in [-0.4, -0.2) is 38.7 Å². The summed E-state index contributed by atoms with van der Waals surface area (Å²) in [7, 11) is 0. The second kappa shape index (κ2) is 9.95. The lowest BCUT2D eigenvalue weighted by Crippen LogP contribution is -2.29. The van der Waals surface area contributed by atoms with Gasteiger partial charge in [0.1, 0.15) is 23.1 Å². The Morgan fingerprint density at radius 1 is 0.939 bits per heavy atom. The number of carbonyl (C=O) groups excluding carboxylic acids is 1. The van der Waals surface area contributed by atoms with Crippen LogP contribution in [0, 0.1) is 20.8 Å². The van der Waals surface area contributed by atoms with E-state index >= 15 is 0 Å². The number of ether oxygens (including phenoxy) is 1. The maximum absolute atomic E-state index is 12.7. The molecular formula is C25H26N6O2. The van der Waals surface area contributed by atoms with Gasteiger partial charge in [-0.15, -0.1) is 0 Å². The molecule has 0 radical (unpaired) electrons. The van der Waals surface area contributed by atoms with E-state index in [0.717, 1.165) is 11.4 Å². The molecule has 168 valence electrons. The minimum atomic E-state index is -0.203. The third-order valence-corrected chi connectivity index (χ3v) is 4.87. The fraction of sp³-hybridized carbons (Fsp3) is 0.200. The highest BCUT2D eigenvalue weighted by atomic mass is 16.5. The van der Waals surface area contributed by atoms with Gasteiger partial charge >= 0.3 is 0 Å². The quantitative estimate of drug-likeness (QED) is 0.397.